The molecule has 8 heteroatoms. The Morgan fingerprint density at radius 3 is 2.50 bits per heavy atom. The molecular formula is C12H17F4N3O. The van der Waals surface area contributed by atoms with Crippen molar-refractivity contribution in [2.24, 2.45) is 11.7 Å². The van der Waals surface area contributed by atoms with E-state index in [1.807, 2.05) is 0 Å². The van der Waals surface area contributed by atoms with Gasteiger partial charge in [-0.15, -0.1) is 0 Å². The van der Waals surface area contributed by atoms with Crippen LogP contribution in [0, 0.1) is 5.92 Å². The van der Waals surface area contributed by atoms with Crippen LogP contribution < -0.4 is 5.73 Å². The Labute approximate surface area is 113 Å². The summed E-state index contributed by atoms with van der Waals surface area (Å²) in [5, 5.41) is 3.39. The molecule has 0 aliphatic heterocycles. The van der Waals surface area contributed by atoms with Crippen LogP contribution in [0.4, 0.5) is 17.6 Å². The molecule has 1 aromatic rings. The van der Waals surface area contributed by atoms with Gasteiger partial charge in [0.2, 0.25) is 0 Å². The highest BCUT2D eigenvalue weighted by Gasteiger charge is 2.49. The van der Waals surface area contributed by atoms with Gasteiger partial charge in [0.1, 0.15) is 0 Å². The summed E-state index contributed by atoms with van der Waals surface area (Å²) < 4.78 is 55.0. The van der Waals surface area contributed by atoms with Gasteiger partial charge in [0, 0.05) is 0 Å². The maximum atomic E-state index is 13.1. The van der Waals surface area contributed by atoms with Gasteiger partial charge in [0.15, 0.2) is 5.82 Å². The molecule has 0 bridgehead atoms. The van der Waals surface area contributed by atoms with Crippen LogP contribution in [0.2, 0.25) is 0 Å². The van der Waals surface area contributed by atoms with E-state index in [0.29, 0.717) is 18.8 Å². The van der Waals surface area contributed by atoms with Gasteiger partial charge < -0.3 is 10.3 Å². The van der Waals surface area contributed by atoms with Crippen LogP contribution in [0.15, 0.2) is 4.52 Å². The molecule has 1 aromatic heterocycles. The molecule has 4 nitrogen and oxygen atoms in total. The van der Waals surface area contributed by atoms with Gasteiger partial charge in [-0.05, 0) is 31.6 Å². The standard InChI is InChI=1S/C12H17F4N3O/c1-2-7-3-5-11(17,6-4-7)9-18-10(20-19-9)12(15,16)8(13)14/h7-8H,2-6,17H2,1H3. The Hall–Kier alpha value is -1.18. The van der Waals surface area contributed by atoms with Gasteiger partial charge in [-0.3, -0.25) is 0 Å². The summed E-state index contributed by atoms with van der Waals surface area (Å²) in [5.41, 5.74) is 5.15. The molecule has 0 spiro atoms. The van der Waals surface area contributed by atoms with Crippen molar-refractivity contribution in [2.75, 3.05) is 0 Å². The summed E-state index contributed by atoms with van der Waals surface area (Å²) in [6.07, 6.45) is -0.128. The van der Waals surface area contributed by atoms with E-state index in [1.54, 1.807) is 0 Å². The maximum Gasteiger partial charge on any atom is 0.383 e. The SMILES string of the molecule is CCC1CCC(N)(c2noc(C(F)(F)C(F)F)n2)CC1. The minimum atomic E-state index is -4.44. The van der Waals surface area contributed by atoms with Gasteiger partial charge >= 0.3 is 18.2 Å². The summed E-state index contributed by atoms with van der Waals surface area (Å²) in [4.78, 5) is 3.42. The largest absolute Gasteiger partial charge is 0.383 e. The summed E-state index contributed by atoms with van der Waals surface area (Å²) in [5.74, 6) is -5.38. The molecule has 2 rings (SSSR count). The summed E-state index contributed by atoms with van der Waals surface area (Å²) in [6.45, 7) is 2.07. The van der Waals surface area contributed by atoms with Gasteiger partial charge in [-0.25, -0.2) is 8.78 Å². The molecule has 2 N–H and O–H groups in total. The van der Waals surface area contributed by atoms with Crippen LogP contribution in [-0.4, -0.2) is 16.6 Å². The lowest BCUT2D eigenvalue weighted by atomic mass is 9.76. The number of nitrogens with zero attached hydrogens (tertiary/aromatic N) is 2. The second kappa shape index (κ2) is 5.31. The molecule has 1 aliphatic rings. The number of alkyl halides is 4. The van der Waals surface area contributed by atoms with Crippen LogP contribution in [0.3, 0.4) is 0 Å². The molecule has 0 amide bonds. The molecule has 1 aliphatic carbocycles. The lowest BCUT2D eigenvalue weighted by molar-refractivity contribution is -0.152. The van der Waals surface area contributed by atoms with Crippen molar-refractivity contribution in [3.63, 3.8) is 0 Å². The highest BCUT2D eigenvalue weighted by molar-refractivity contribution is 5.08. The lowest BCUT2D eigenvalue weighted by Crippen LogP contribution is -2.41. The van der Waals surface area contributed by atoms with E-state index < -0.39 is 23.8 Å². The van der Waals surface area contributed by atoms with E-state index in [2.05, 4.69) is 21.6 Å². The van der Waals surface area contributed by atoms with Crippen LogP contribution in [0.5, 0.6) is 0 Å². The van der Waals surface area contributed by atoms with Crippen molar-refractivity contribution in [3.05, 3.63) is 11.7 Å². The first-order chi connectivity index (χ1) is 9.29. The van der Waals surface area contributed by atoms with E-state index in [4.69, 9.17) is 5.73 Å². The Morgan fingerprint density at radius 2 is 2.00 bits per heavy atom. The average Bonchev–Trinajstić information content (AvgIpc) is 2.90. The molecule has 1 fully saturated rings. The number of halogens is 4. The van der Waals surface area contributed by atoms with Gasteiger partial charge in [0.25, 0.3) is 0 Å². The van der Waals surface area contributed by atoms with Crippen molar-refractivity contribution in [1.82, 2.24) is 10.1 Å². The first kappa shape index (κ1) is 15.2. The highest BCUT2D eigenvalue weighted by Crippen LogP contribution is 2.39. The third-order valence-electron chi connectivity index (χ3n) is 4.01. The summed E-state index contributed by atoms with van der Waals surface area (Å²) in [7, 11) is 0. The Morgan fingerprint density at radius 1 is 1.40 bits per heavy atom. The topological polar surface area (TPSA) is 64.9 Å². The fraction of sp³-hybridized carbons (Fsp3) is 0.833. The third kappa shape index (κ3) is 2.65. The van der Waals surface area contributed by atoms with Crippen LogP contribution in [0.1, 0.15) is 50.7 Å². The number of hydrogen-bond donors (Lipinski definition) is 1. The van der Waals surface area contributed by atoms with Crippen molar-refractivity contribution < 1.29 is 22.1 Å². The first-order valence-electron chi connectivity index (χ1n) is 6.59. The molecule has 0 saturated heterocycles. The number of hydrogen-bond acceptors (Lipinski definition) is 4. The maximum absolute atomic E-state index is 13.1. The molecular weight excluding hydrogens is 278 g/mol. The van der Waals surface area contributed by atoms with Gasteiger partial charge in [0.05, 0.1) is 5.54 Å². The smallest absolute Gasteiger partial charge is 0.332 e. The molecule has 0 aromatic carbocycles. The average molecular weight is 295 g/mol. The molecule has 114 valence electrons. The van der Waals surface area contributed by atoms with Crippen molar-refractivity contribution >= 4 is 0 Å². The number of aromatic nitrogens is 2. The first-order valence-corrected chi connectivity index (χ1v) is 6.59. The Balaban J connectivity index is 2.17. The predicted octanol–water partition coefficient (Wildman–Crippen LogP) is 3.18. The zero-order valence-corrected chi connectivity index (χ0v) is 11.1. The summed E-state index contributed by atoms with van der Waals surface area (Å²) >= 11 is 0. The fourth-order valence-electron chi connectivity index (χ4n) is 2.48. The second-order valence-electron chi connectivity index (χ2n) is 5.35. The second-order valence-corrected chi connectivity index (χ2v) is 5.35. The molecule has 0 atom stereocenters. The number of nitrogens with two attached hydrogens (primary N) is 1. The van der Waals surface area contributed by atoms with Crippen molar-refractivity contribution in [1.29, 1.82) is 0 Å². The van der Waals surface area contributed by atoms with E-state index in [9.17, 15) is 17.6 Å². The van der Waals surface area contributed by atoms with Gasteiger partial charge in [-0.2, -0.15) is 13.8 Å². The molecule has 0 unspecified atom stereocenters. The van der Waals surface area contributed by atoms with Crippen LogP contribution >= 0.6 is 0 Å². The van der Waals surface area contributed by atoms with Crippen LogP contribution in [0.25, 0.3) is 0 Å². The van der Waals surface area contributed by atoms with Crippen LogP contribution in [-0.2, 0) is 11.5 Å². The van der Waals surface area contributed by atoms with Gasteiger partial charge in [-0.1, -0.05) is 18.5 Å². The molecule has 1 heterocycles. The minimum Gasteiger partial charge on any atom is -0.332 e. The quantitative estimate of drug-likeness (QED) is 0.866. The number of rotatable bonds is 4. The van der Waals surface area contributed by atoms with E-state index in [0.717, 1.165) is 19.3 Å². The van der Waals surface area contributed by atoms with Crippen molar-refractivity contribution in [3.8, 4) is 0 Å². The highest BCUT2D eigenvalue weighted by atomic mass is 19.3. The zero-order chi connectivity index (χ0) is 15.0. The van der Waals surface area contributed by atoms with Crippen molar-refractivity contribution in [2.45, 2.75) is 56.9 Å². The molecule has 20 heavy (non-hydrogen) atoms. The van der Waals surface area contributed by atoms with E-state index in [-0.39, 0.29) is 5.82 Å². The monoisotopic (exact) mass is 295 g/mol. The normalized spacial score (nSPS) is 28.1. The molecule has 0 radical (unpaired) electrons. The fourth-order valence-corrected chi connectivity index (χ4v) is 2.48. The van der Waals surface area contributed by atoms with E-state index in [1.165, 1.54) is 0 Å². The molecule has 1 saturated carbocycles. The summed E-state index contributed by atoms with van der Waals surface area (Å²) in [6, 6.07) is 0. The predicted molar refractivity (Wildman–Crippen MR) is 62.3 cm³/mol. The Bertz CT molecular complexity index is 455. The third-order valence-corrected chi connectivity index (χ3v) is 4.01. The Kier molecular flexibility index (Phi) is 4.04. The lowest BCUT2D eigenvalue weighted by Gasteiger charge is -2.34. The van der Waals surface area contributed by atoms with E-state index >= 15 is 0 Å². The minimum absolute atomic E-state index is 0.109. The zero-order valence-electron chi connectivity index (χ0n) is 11.1.